The van der Waals surface area contributed by atoms with Gasteiger partial charge in [0.05, 0.1) is 5.56 Å². The van der Waals surface area contributed by atoms with Crippen molar-refractivity contribution in [1.82, 2.24) is 10.3 Å². The van der Waals surface area contributed by atoms with Crippen molar-refractivity contribution >= 4 is 23.1 Å². The van der Waals surface area contributed by atoms with E-state index in [0.717, 1.165) is 12.1 Å². The third-order valence-corrected chi connectivity index (χ3v) is 4.41. The van der Waals surface area contributed by atoms with E-state index in [2.05, 4.69) is 15.3 Å². The number of carbonyl (C=O) groups is 1. The van der Waals surface area contributed by atoms with E-state index in [4.69, 9.17) is 16.2 Å². The number of nitrogen functional groups attached to an aromatic ring is 1. The number of nitrogens with one attached hydrogen (secondary N) is 1. The van der Waals surface area contributed by atoms with E-state index in [1.165, 1.54) is 25.4 Å². The molecule has 0 unspecified atom stereocenters. The second-order valence-corrected chi connectivity index (χ2v) is 6.52. The molecule has 9 nitrogen and oxygen atoms in total. The topological polar surface area (TPSA) is 160 Å². The Morgan fingerprint density at radius 3 is 2.74 bits per heavy atom. The lowest BCUT2D eigenvalue weighted by Gasteiger charge is -2.19. The molecule has 0 radical (unpaired) electrons. The lowest BCUT2D eigenvalue weighted by atomic mass is 10.00. The van der Waals surface area contributed by atoms with Gasteiger partial charge < -0.3 is 26.6 Å². The highest BCUT2D eigenvalue weighted by Gasteiger charge is 2.21. The van der Waals surface area contributed by atoms with Gasteiger partial charge in [-0.1, -0.05) is 0 Å². The lowest BCUT2D eigenvalue weighted by molar-refractivity contribution is 0.0691. The van der Waals surface area contributed by atoms with Crippen LogP contribution in [-0.2, 0) is 0 Å². The van der Waals surface area contributed by atoms with E-state index in [9.17, 15) is 19.6 Å². The number of allylic oxidation sites excluding steroid dienone is 1. The molecule has 2 aromatic rings. The van der Waals surface area contributed by atoms with Gasteiger partial charge >= 0.3 is 5.97 Å². The van der Waals surface area contributed by atoms with Crippen molar-refractivity contribution in [3.05, 3.63) is 58.7 Å². The Balaban J connectivity index is 2.53. The Morgan fingerprint density at radius 2 is 2.16 bits per heavy atom. The number of rotatable bonds is 8. The SMILES string of the molecule is CN=C(C#N)C(=C(N)CNC)c1cnc(N)c(O[C@H](C)c2cc(F)ccc2C(=O)O)c1. The summed E-state index contributed by atoms with van der Waals surface area (Å²) in [7, 11) is 3.17. The van der Waals surface area contributed by atoms with Crippen LogP contribution in [0.25, 0.3) is 5.57 Å². The average Bonchev–Trinajstić information content (AvgIpc) is 2.73. The van der Waals surface area contributed by atoms with E-state index >= 15 is 0 Å². The molecule has 162 valence electrons. The van der Waals surface area contributed by atoms with Crippen LogP contribution >= 0.6 is 0 Å². The van der Waals surface area contributed by atoms with Crippen molar-refractivity contribution in [2.75, 3.05) is 26.4 Å². The number of carboxylic acid groups (broad SMARTS) is 1. The molecule has 0 saturated heterocycles. The molecule has 0 amide bonds. The van der Waals surface area contributed by atoms with Gasteiger partial charge in [-0.2, -0.15) is 5.26 Å². The van der Waals surface area contributed by atoms with Gasteiger partial charge in [-0.25, -0.2) is 14.2 Å². The fraction of sp³-hybridized carbons (Fsp3) is 0.238. The van der Waals surface area contributed by atoms with Gasteiger partial charge in [-0.15, -0.1) is 0 Å². The maximum atomic E-state index is 13.7. The van der Waals surface area contributed by atoms with Gasteiger partial charge in [0.2, 0.25) is 0 Å². The highest BCUT2D eigenvalue weighted by atomic mass is 19.1. The average molecular weight is 426 g/mol. The third kappa shape index (κ3) is 5.34. The molecule has 10 heteroatoms. The van der Waals surface area contributed by atoms with Crippen LogP contribution in [0, 0.1) is 17.1 Å². The zero-order valence-electron chi connectivity index (χ0n) is 17.3. The number of ether oxygens (including phenoxy) is 1. The predicted octanol–water partition coefficient (Wildman–Crippen LogP) is 2.12. The number of hydrogen-bond donors (Lipinski definition) is 4. The summed E-state index contributed by atoms with van der Waals surface area (Å²) in [6.45, 7) is 1.85. The second kappa shape index (κ2) is 10.2. The summed E-state index contributed by atoms with van der Waals surface area (Å²) in [5.41, 5.74) is 13.4. The lowest BCUT2D eigenvalue weighted by Crippen LogP contribution is -2.20. The molecule has 0 aliphatic heterocycles. The number of aromatic nitrogens is 1. The number of nitrogens with zero attached hydrogens (tertiary/aromatic N) is 3. The molecule has 0 bridgehead atoms. The van der Waals surface area contributed by atoms with Gasteiger partial charge in [-0.3, -0.25) is 4.99 Å². The summed E-state index contributed by atoms with van der Waals surface area (Å²) in [6.07, 6.45) is 0.566. The van der Waals surface area contributed by atoms with Crippen LogP contribution in [0.4, 0.5) is 10.2 Å². The molecule has 31 heavy (non-hydrogen) atoms. The van der Waals surface area contributed by atoms with E-state index in [-0.39, 0.29) is 35.0 Å². The summed E-state index contributed by atoms with van der Waals surface area (Å²) in [6, 6.07) is 6.84. The van der Waals surface area contributed by atoms with Crippen molar-refractivity contribution in [3.63, 3.8) is 0 Å². The first-order valence-corrected chi connectivity index (χ1v) is 9.19. The third-order valence-electron chi connectivity index (χ3n) is 4.41. The Hall–Kier alpha value is -3.97. The van der Waals surface area contributed by atoms with Gasteiger partial charge in [0.1, 0.15) is 23.7 Å². The Kier molecular flexibility index (Phi) is 7.65. The number of likely N-dealkylation sites (N-methyl/N-ethyl adjacent to an activating group) is 1. The number of anilines is 1. The number of carboxylic acids is 1. The molecule has 0 spiro atoms. The second-order valence-electron chi connectivity index (χ2n) is 6.52. The first-order chi connectivity index (χ1) is 14.7. The number of pyridine rings is 1. The normalized spacial score (nSPS) is 13.2. The van der Waals surface area contributed by atoms with Gasteiger partial charge in [0, 0.05) is 42.2 Å². The Labute approximate surface area is 178 Å². The standard InChI is InChI=1S/C21H23FN6O3/c1-11(15-7-13(22)4-5-14(15)21(29)30)31-18-6-12(9-28-20(18)25)19(16(24)10-26-2)17(8-23)27-3/h4-7,9,11,26H,10,24H2,1-3H3,(H2,25,28)(H,29,30)/t11-/m1/s1. The molecular weight excluding hydrogens is 403 g/mol. The highest BCUT2D eigenvalue weighted by molar-refractivity contribution is 6.32. The molecule has 6 N–H and O–H groups in total. The van der Waals surface area contributed by atoms with E-state index in [1.54, 1.807) is 14.0 Å². The number of nitrogens with two attached hydrogens (primary N) is 2. The maximum Gasteiger partial charge on any atom is 0.336 e. The summed E-state index contributed by atoms with van der Waals surface area (Å²) < 4.78 is 19.6. The monoisotopic (exact) mass is 426 g/mol. The first-order valence-electron chi connectivity index (χ1n) is 9.19. The van der Waals surface area contributed by atoms with Crippen LogP contribution < -0.4 is 21.5 Å². The number of aromatic carboxylic acids is 1. The molecule has 1 aromatic heterocycles. The maximum absolute atomic E-state index is 13.7. The van der Waals surface area contributed by atoms with Gasteiger partial charge in [0.15, 0.2) is 11.6 Å². The summed E-state index contributed by atoms with van der Waals surface area (Å²) in [5.74, 6) is -1.66. The largest absolute Gasteiger partial charge is 0.482 e. The van der Waals surface area contributed by atoms with Crippen LogP contribution in [0.15, 0.2) is 41.2 Å². The number of aliphatic imine (C=N–C) groups is 1. The Bertz CT molecular complexity index is 1090. The molecule has 0 aliphatic rings. The van der Waals surface area contributed by atoms with Crippen molar-refractivity contribution in [1.29, 1.82) is 5.26 Å². The number of hydrogen-bond acceptors (Lipinski definition) is 8. The fourth-order valence-electron chi connectivity index (χ4n) is 2.98. The van der Waals surface area contributed by atoms with Gasteiger partial charge in [-0.05, 0) is 38.2 Å². The number of benzene rings is 1. The molecule has 0 fully saturated rings. The van der Waals surface area contributed by atoms with E-state index in [0.29, 0.717) is 16.8 Å². The first kappa shape index (κ1) is 23.3. The molecule has 2 rings (SSSR count). The van der Waals surface area contributed by atoms with Gasteiger partial charge in [0.25, 0.3) is 0 Å². The smallest absolute Gasteiger partial charge is 0.336 e. The summed E-state index contributed by atoms with van der Waals surface area (Å²) in [5, 5.41) is 21.7. The molecule has 1 heterocycles. The van der Waals surface area contributed by atoms with Crippen LogP contribution in [-0.4, -0.2) is 42.4 Å². The van der Waals surface area contributed by atoms with E-state index < -0.39 is 17.9 Å². The zero-order chi connectivity index (χ0) is 23.1. The van der Waals surface area contributed by atoms with Crippen LogP contribution in [0.1, 0.15) is 34.5 Å². The van der Waals surface area contributed by atoms with Crippen molar-refractivity contribution in [3.8, 4) is 11.8 Å². The number of halogens is 1. The molecular formula is C21H23FN6O3. The fourth-order valence-corrected chi connectivity index (χ4v) is 2.98. The predicted molar refractivity (Wildman–Crippen MR) is 115 cm³/mol. The quantitative estimate of drug-likeness (QED) is 0.467. The summed E-state index contributed by atoms with van der Waals surface area (Å²) in [4.78, 5) is 19.6. The molecule has 1 aromatic carbocycles. The zero-order valence-corrected chi connectivity index (χ0v) is 17.3. The molecule has 0 aliphatic carbocycles. The highest BCUT2D eigenvalue weighted by Crippen LogP contribution is 2.31. The van der Waals surface area contributed by atoms with Crippen molar-refractivity contribution in [2.24, 2.45) is 10.7 Å². The van der Waals surface area contributed by atoms with Crippen LogP contribution in [0.5, 0.6) is 5.75 Å². The molecule has 0 saturated carbocycles. The van der Waals surface area contributed by atoms with Crippen molar-refractivity contribution in [2.45, 2.75) is 13.0 Å². The van der Waals surface area contributed by atoms with Crippen LogP contribution in [0.3, 0.4) is 0 Å². The Morgan fingerprint density at radius 1 is 1.45 bits per heavy atom. The number of nitriles is 1. The minimum absolute atomic E-state index is 0.0300. The minimum Gasteiger partial charge on any atom is -0.482 e. The van der Waals surface area contributed by atoms with Crippen LogP contribution in [0.2, 0.25) is 0 Å². The molecule has 1 atom stereocenters. The van der Waals surface area contributed by atoms with E-state index in [1.807, 2.05) is 6.07 Å². The summed E-state index contributed by atoms with van der Waals surface area (Å²) >= 11 is 0. The minimum atomic E-state index is -1.21. The van der Waals surface area contributed by atoms with Crippen molar-refractivity contribution < 1.29 is 19.0 Å².